The molecule has 1 saturated heterocycles. The highest BCUT2D eigenvalue weighted by atomic mass is 32.1. The zero-order valence-electron chi connectivity index (χ0n) is 20.2. The molecule has 6 nitrogen and oxygen atoms in total. The second kappa shape index (κ2) is 9.43. The number of benzene rings is 2. The van der Waals surface area contributed by atoms with Crippen LogP contribution in [0.25, 0.3) is 5.69 Å². The summed E-state index contributed by atoms with van der Waals surface area (Å²) in [5.41, 5.74) is 6.47. The predicted molar refractivity (Wildman–Crippen MR) is 143 cm³/mol. The summed E-state index contributed by atoms with van der Waals surface area (Å²) in [4.78, 5) is 6.86. The minimum absolute atomic E-state index is 0.0867. The van der Waals surface area contributed by atoms with Crippen LogP contribution in [0.15, 0.2) is 79.0 Å². The van der Waals surface area contributed by atoms with Crippen molar-refractivity contribution in [2.24, 2.45) is 0 Å². The highest BCUT2D eigenvalue weighted by molar-refractivity contribution is 7.80. The van der Waals surface area contributed by atoms with E-state index < -0.39 is 0 Å². The van der Waals surface area contributed by atoms with Gasteiger partial charge in [-0.1, -0.05) is 12.1 Å². The third-order valence-corrected chi connectivity index (χ3v) is 6.86. The minimum atomic E-state index is -0.106. The van der Waals surface area contributed by atoms with Gasteiger partial charge in [0.2, 0.25) is 0 Å². The molecule has 0 bridgehead atoms. The van der Waals surface area contributed by atoms with Gasteiger partial charge in [-0.25, -0.2) is 0 Å². The Bertz CT molecular complexity index is 1350. The lowest BCUT2D eigenvalue weighted by molar-refractivity contribution is 0.414. The van der Waals surface area contributed by atoms with Crippen LogP contribution >= 0.6 is 12.2 Å². The number of rotatable bonds is 6. The summed E-state index contributed by atoms with van der Waals surface area (Å²) < 4.78 is 13.1. The average Bonchev–Trinajstić information content (AvgIpc) is 3.39. The number of methoxy groups -OCH3 is 2. The predicted octanol–water partition coefficient (Wildman–Crippen LogP) is 5.68. The van der Waals surface area contributed by atoms with Gasteiger partial charge in [0.1, 0.15) is 11.5 Å². The Hall–Kier alpha value is -3.84. The number of nitrogens with zero attached hydrogens (tertiary/aromatic N) is 3. The summed E-state index contributed by atoms with van der Waals surface area (Å²) in [5.74, 6) is 1.63. The Kier molecular flexibility index (Phi) is 6.17. The number of hydrogen-bond acceptors (Lipinski definition) is 4. The Morgan fingerprint density at radius 2 is 1.63 bits per heavy atom. The van der Waals surface area contributed by atoms with E-state index in [9.17, 15) is 0 Å². The number of thiocarbonyl (C=S) groups is 1. The van der Waals surface area contributed by atoms with Gasteiger partial charge in [0.15, 0.2) is 5.11 Å². The molecule has 35 heavy (non-hydrogen) atoms. The highest BCUT2D eigenvalue weighted by Gasteiger charge is 2.42. The molecule has 1 N–H and O–H groups in total. The lowest BCUT2D eigenvalue weighted by atomic mass is 9.96. The van der Waals surface area contributed by atoms with Gasteiger partial charge in [0.25, 0.3) is 0 Å². The lowest BCUT2D eigenvalue weighted by Gasteiger charge is -2.28. The molecule has 1 fully saturated rings. The summed E-state index contributed by atoms with van der Waals surface area (Å²) in [6.45, 7) is 4.29. The van der Waals surface area contributed by atoms with E-state index in [1.807, 2.05) is 60.8 Å². The van der Waals surface area contributed by atoms with E-state index in [2.05, 4.69) is 51.8 Å². The SMILES string of the molecule is COc1ccc(N2C(=S)NC(c3ccccn3)C2c2cc(C)n(-c3cccc(OC)c3)c2C)cc1. The zero-order chi connectivity index (χ0) is 24.5. The highest BCUT2D eigenvalue weighted by Crippen LogP contribution is 2.44. The van der Waals surface area contributed by atoms with Crippen molar-refractivity contribution < 1.29 is 9.47 Å². The molecule has 2 aromatic carbocycles. The molecule has 0 spiro atoms. The van der Waals surface area contributed by atoms with Gasteiger partial charge < -0.3 is 24.3 Å². The molecule has 0 amide bonds. The molecular formula is C28H28N4O2S. The molecule has 0 radical (unpaired) electrons. The van der Waals surface area contributed by atoms with Crippen LogP contribution in [0, 0.1) is 13.8 Å². The quantitative estimate of drug-likeness (QED) is 0.355. The summed E-state index contributed by atoms with van der Waals surface area (Å²) in [6, 6.07) is 24.2. The van der Waals surface area contributed by atoms with Crippen LogP contribution in [0.5, 0.6) is 11.5 Å². The number of hydrogen-bond donors (Lipinski definition) is 1. The normalized spacial score (nSPS) is 17.4. The largest absolute Gasteiger partial charge is 0.497 e. The number of anilines is 1. The standard InChI is InChI=1S/C28H28N4O2S/c1-18-16-24(19(2)31(18)21-8-7-9-23(17-21)34-4)27-26(25-10-5-6-15-29-25)30-28(35)32(27)20-11-13-22(33-3)14-12-20/h5-17,26-27H,1-4H3,(H,30,35). The fourth-order valence-corrected chi connectivity index (χ4v) is 5.27. The Balaban J connectivity index is 1.66. The van der Waals surface area contributed by atoms with Crippen molar-refractivity contribution >= 4 is 23.0 Å². The van der Waals surface area contributed by atoms with Crippen LogP contribution < -0.4 is 19.7 Å². The van der Waals surface area contributed by atoms with E-state index in [-0.39, 0.29) is 12.1 Å². The van der Waals surface area contributed by atoms with Crippen molar-refractivity contribution in [2.75, 3.05) is 19.1 Å². The van der Waals surface area contributed by atoms with Gasteiger partial charge >= 0.3 is 0 Å². The number of aromatic nitrogens is 2. The second-order valence-corrected chi connectivity index (χ2v) is 8.94. The Morgan fingerprint density at radius 1 is 0.857 bits per heavy atom. The molecule has 1 aliphatic heterocycles. The van der Waals surface area contributed by atoms with Crippen LogP contribution in [0.4, 0.5) is 5.69 Å². The second-order valence-electron chi connectivity index (χ2n) is 8.56. The maximum Gasteiger partial charge on any atom is 0.174 e. The zero-order valence-corrected chi connectivity index (χ0v) is 21.0. The van der Waals surface area contributed by atoms with E-state index >= 15 is 0 Å². The maximum absolute atomic E-state index is 5.88. The number of pyridine rings is 1. The van der Waals surface area contributed by atoms with Gasteiger partial charge in [-0.3, -0.25) is 4.98 Å². The molecule has 0 saturated carbocycles. The van der Waals surface area contributed by atoms with E-state index in [0.717, 1.165) is 40.0 Å². The first-order valence-electron chi connectivity index (χ1n) is 11.5. The fraction of sp³-hybridized carbons (Fsp3) is 0.214. The third kappa shape index (κ3) is 4.12. The van der Waals surface area contributed by atoms with Gasteiger partial charge in [-0.15, -0.1) is 0 Å². The topological polar surface area (TPSA) is 51.5 Å². The lowest BCUT2D eigenvalue weighted by Crippen LogP contribution is -2.29. The monoisotopic (exact) mass is 484 g/mol. The summed E-state index contributed by atoms with van der Waals surface area (Å²) in [7, 11) is 3.36. The van der Waals surface area contributed by atoms with Gasteiger partial charge in [0.05, 0.1) is 32.0 Å². The first kappa shape index (κ1) is 22.9. The van der Waals surface area contributed by atoms with Crippen LogP contribution in [0.1, 0.15) is 34.7 Å². The molecular weight excluding hydrogens is 456 g/mol. The molecule has 4 aromatic rings. The third-order valence-electron chi connectivity index (χ3n) is 6.55. The van der Waals surface area contributed by atoms with E-state index in [1.165, 1.54) is 5.56 Å². The van der Waals surface area contributed by atoms with Gasteiger partial charge in [-0.2, -0.15) is 0 Å². The van der Waals surface area contributed by atoms with Crippen molar-refractivity contribution in [2.45, 2.75) is 25.9 Å². The first-order chi connectivity index (χ1) is 17.0. The minimum Gasteiger partial charge on any atom is -0.497 e. The molecule has 2 atom stereocenters. The molecule has 3 heterocycles. The molecule has 5 rings (SSSR count). The van der Waals surface area contributed by atoms with E-state index in [4.69, 9.17) is 21.7 Å². The van der Waals surface area contributed by atoms with E-state index in [0.29, 0.717) is 5.11 Å². The van der Waals surface area contributed by atoms with Crippen LogP contribution in [-0.2, 0) is 0 Å². The summed E-state index contributed by atoms with van der Waals surface area (Å²) in [6.07, 6.45) is 1.83. The Labute approximate surface area is 211 Å². The molecule has 2 unspecified atom stereocenters. The van der Waals surface area contributed by atoms with Crippen molar-refractivity contribution in [3.05, 3.63) is 102 Å². The molecule has 178 valence electrons. The number of aryl methyl sites for hydroxylation is 1. The molecule has 1 aliphatic rings. The van der Waals surface area contributed by atoms with Crippen LogP contribution in [0.2, 0.25) is 0 Å². The van der Waals surface area contributed by atoms with E-state index in [1.54, 1.807) is 14.2 Å². The van der Waals surface area contributed by atoms with Crippen molar-refractivity contribution in [3.63, 3.8) is 0 Å². The average molecular weight is 485 g/mol. The number of ether oxygens (including phenoxy) is 2. The summed E-state index contributed by atoms with van der Waals surface area (Å²) in [5, 5.41) is 4.21. The molecule has 0 aliphatic carbocycles. The summed E-state index contributed by atoms with van der Waals surface area (Å²) >= 11 is 5.88. The molecule has 2 aromatic heterocycles. The maximum atomic E-state index is 5.88. The van der Waals surface area contributed by atoms with Crippen LogP contribution in [-0.4, -0.2) is 28.9 Å². The smallest absolute Gasteiger partial charge is 0.174 e. The van der Waals surface area contributed by atoms with Crippen molar-refractivity contribution in [1.82, 2.24) is 14.9 Å². The van der Waals surface area contributed by atoms with Crippen molar-refractivity contribution in [1.29, 1.82) is 0 Å². The first-order valence-corrected chi connectivity index (χ1v) is 11.9. The number of nitrogens with one attached hydrogen (secondary N) is 1. The fourth-order valence-electron chi connectivity index (χ4n) is 4.93. The van der Waals surface area contributed by atoms with Crippen LogP contribution in [0.3, 0.4) is 0 Å². The Morgan fingerprint density at radius 3 is 2.31 bits per heavy atom. The molecule has 7 heteroatoms. The van der Waals surface area contributed by atoms with Crippen molar-refractivity contribution in [3.8, 4) is 17.2 Å². The van der Waals surface area contributed by atoms with Gasteiger partial charge in [-0.05, 0) is 86.2 Å². The van der Waals surface area contributed by atoms with Gasteiger partial charge in [0, 0.05) is 35.0 Å².